The number of hydrogen-bond acceptors (Lipinski definition) is 2. The summed E-state index contributed by atoms with van der Waals surface area (Å²) in [5.74, 6) is -1.57. The summed E-state index contributed by atoms with van der Waals surface area (Å²) >= 11 is 8.58. The van der Waals surface area contributed by atoms with E-state index in [2.05, 4.69) is 15.9 Å². The maximum atomic E-state index is 12.5. The topological polar surface area (TPSA) is 26.3 Å². The van der Waals surface area contributed by atoms with E-state index in [1.165, 1.54) is 0 Å². The van der Waals surface area contributed by atoms with E-state index in [-0.39, 0.29) is 6.10 Å². The Morgan fingerprint density at radius 3 is 2.62 bits per heavy atom. The minimum atomic E-state index is -4.57. The van der Waals surface area contributed by atoms with E-state index < -0.39 is 34.4 Å². The van der Waals surface area contributed by atoms with E-state index in [1.54, 1.807) is 13.8 Å². The summed E-state index contributed by atoms with van der Waals surface area (Å²) in [7, 11) is 0. The highest BCUT2D eigenvalue weighted by Crippen LogP contribution is 2.60. The van der Waals surface area contributed by atoms with Crippen LogP contribution < -0.4 is 0 Å². The molecule has 0 aromatic heterocycles. The second-order valence-corrected chi connectivity index (χ2v) is 7.41. The fourth-order valence-corrected chi connectivity index (χ4v) is 3.35. The van der Waals surface area contributed by atoms with E-state index >= 15 is 0 Å². The fraction of sp³-hybridized carbons (Fsp3) is 0.643. The largest absolute Gasteiger partial charge is 0.461 e. The van der Waals surface area contributed by atoms with E-state index in [9.17, 15) is 18.0 Å². The zero-order valence-electron chi connectivity index (χ0n) is 11.5. The second kappa shape index (κ2) is 5.61. The molecule has 0 N–H and O–H groups in total. The third-order valence-corrected chi connectivity index (χ3v) is 5.06. The first-order chi connectivity index (χ1) is 9.53. The smallest absolute Gasteiger partial charge is 0.426 e. The van der Waals surface area contributed by atoms with Gasteiger partial charge in [-0.2, -0.15) is 13.2 Å². The van der Waals surface area contributed by atoms with Gasteiger partial charge < -0.3 is 4.74 Å². The normalized spacial score (nSPS) is 31.9. The average Bonchev–Trinajstić information content (AvgIpc) is 2.65. The summed E-state index contributed by atoms with van der Waals surface area (Å²) in [6.45, 7) is 3.48. The average molecular weight is 388 g/mol. The third kappa shape index (κ3) is 3.65. The Balaban J connectivity index is 1.99. The number of halogens is 5. The molecule has 21 heavy (non-hydrogen) atoms. The predicted molar refractivity (Wildman–Crippen MR) is 76.9 cm³/mol. The van der Waals surface area contributed by atoms with Gasteiger partial charge in [-0.05, 0) is 15.8 Å². The molecule has 0 spiro atoms. The van der Waals surface area contributed by atoms with Crippen molar-refractivity contribution in [2.24, 2.45) is 17.3 Å². The molecular weight excluding hydrogens is 373 g/mol. The molecule has 0 radical (unpaired) electrons. The summed E-state index contributed by atoms with van der Waals surface area (Å²) in [6.07, 6.45) is -0.712. The van der Waals surface area contributed by atoms with Crippen molar-refractivity contribution in [3.8, 4) is 0 Å². The van der Waals surface area contributed by atoms with Crippen LogP contribution >= 0.6 is 27.5 Å². The molecule has 3 atom stereocenters. The van der Waals surface area contributed by atoms with Crippen LogP contribution in [0.2, 0.25) is 0 Å². The molecule has 118 valence electrons. The van der Waals surface area contributed by atoms with Gasteiger partial charge in [-0.15, -0.1) is 0 Å². The standard InChI is InChI=1S/C14H15BrClF3O2/c1-13(2)9(6-10(16)14(17,18)19)11(13)12(20)21-8-4-3-7(15)5-8/h3,6,8-9,11H,4-5H2,1-2H3/b10-6-/t8?,9-,11-/m1/s1. The van der Waals surface area contributed by atoms with Crippen molar-refractivity contribution in [2.75, 3.05) is 0 Å². The lowest BCUT2D eigenvalue weighted by Crippen LogP contribution is -2.18. The minimum absolute atomic E-state index is 0.231. The monoisotopic (exact) mass is 386 g/mol. The van der Waals surface area contributed by atoms with E-state index in [0.717, 1.165) is 10.6 Å². The lowest BCUT2D eigenvalue weighted by molar-refractivity contribution is -0.151. The molecule has 0 heterocycles. The van der Waals surface area contributed by atoms with Crippen molar-refractivity contribution in [1.82, 2.24) is 0 Å². The molecular formula is C14H15BrClF3O2. The SMILES string of the molecule is CC1(C)[C@H](/C=C(\Cl)C(F)(F)F)[C@@H]1C(=O)OC1CC=C(Br)C1. The number of hydrogen-bond donors (Lipinski definition) is 0. The molecule has 0 amide bonds. The summed E-state index contributed by atoms with van der Waals surface area (Å²) in [4.78, 5) is 12.1. The molecule has 0 bridgehead atoms. The maximum absolute atomic E-state index is 12.5. The molecule has 2 aliphatic carbocycles. The van der Waals surface area contributed by atoms with Crippen molar-refractivity contribution in [1.29, 1.82) is 0 Å². The molecule has 2 rings (SSSR count). The Morgan fingerprint density at radius 1 is 1.52 bits per heavy atom. The van der Waals surface area contributed by atoms with Crippen LogP contribution in [0, 0.1) is 17.3 Å². The molecule has 1 fully saturated rings. The van der Waals surface area contributed by atoms with Crippen molar-refractivity contribution in [2.45, 2.75) is 39.0 Å². The first-order valence-electron chi connectivity index (χ1n) is 6.53. The van der Waals surface area contributed by atoms with Crippen molar-refractivity contribution in [3.05, 3.63) is 21.7 Å². The number of allylic oxidation sites excluding steroid dienone is 2. The maximum Gasteiger partial charge on any atom is 0.426 e. The zero-order valence-corrected chi connectivity index (χ0v) is 13.8. The van der Waals surface area contributed by atoms with E-state index in [1.807, 2.05) is 6.08 Å². The van der Waals surface area contributed by atoms with Gasteiger partial charge >= 0.3 is 12.1 Å². The van der Waals surface area contributed by atoms with Crippen LogP contribution in [0.4, 0.5) is 13.2 Å². The molecule has 1 unspecified atom stereocenters. The van der Waals surface area contributed by atoms with Crippen LogP contribution in [-0.2, 0) is 9.53 Å². The summed E-state index contributed by atoms with van der Waals surface area (Å²) in [5.41, 5.74) is -0.564. The first kappa shape index (κ1) is 16.9. The molecule has 0 aromatic carbocycles. The molecule has 0 aromatic rings. The van der Waals surface area contributed by atoms with Gasteiger partial charge in [0.25, 0.3) is 0 Å². The predicted octanol–water partition coefficient (Wildman–Crippen LogP) is 4.93. The van der Waals surface area contributed by atoms with Gasteiger partial charge in [-0.1, -0.05) is 53.5 Å². The van der Waals surface area contributed by atoms with Crippen LogP contribution in [0.15, 0.2) is 21.7 Å². The zero-order chi connectivity index (χ0) is 16.0. The van der Waals surface area contributed by atoms with Gasteiger partial charge in [0, 0.05) is 12.8 Å². The van der Waals surface area contributed by atoms with Crippen molar-refractivity contribution < 1.29 is 22.7 Å². The highest BCUT2D eigenvalue weighted by atomic mass is 79.9. The van der Waals surface area contributed by atoms with Crippen molar-refractivity contribution in [3.63, 3.8) is 0 Å². The molecule has 1 saturated carbocycles. The van der Waals surface area contributed by atoms with E-state index in [4.69, 9.17) is 16.3 Å². The number of carbonyl (C=O) groups is 1. The van der Waals surface area contributed by atoms with Gasteiger partial charge in [-0.25, -0.2) is 0 Å². The number of rotatable bonds is 3. The molecule has 2 aliphatic rings. The summed E-state index contributed by atoms with van der Waals surface area (Å²) in [6, 6.07) is 0. The second-order valence-electron chi connectivity index (χ2n) is 5.99. The molecule has 0 saturated heterocycles. The van der Waals surface area contributed by atoms with Gasteiger partial charge in [0.15, 0.2) is 0 Å². The number of alkyl halides is 3. The van der Waals surface area contributed by atoms with Gasteiger partial charge in [0.2, 0.25) is 0 Å². The Morgan fingerprint density at radius 2 is 2.14 bits per heavy atom. The Labute approximate surface area is 134 Å². The van der Waals surface area contributed by atoms with Crippen LogP contribution in [0.5, 0.6) is 0 Å². The Hall–Kier alpha value is -0.490. The van der Waals surface area contributed by atoms with Gasteiger partial charge in [-0.3, -0.25) is 4.79 Å². The van der Waals surface area contributed by atoms with Gasteiger partial charge in [0.05, 0.1) is 5.92 Å². The van der Waals surface area contributed by atoms with Crippen molar-refractivity contribution >= 4 is 33.5 Å². The van der Waals surface area contributed by atoms with Crippen LogP contribution in [0.1, 0.15) is 26.7 Å². The van der Waals surface area contributed by atoms with Gasteiger partial charge in [0.1, 0.15) is 11.1 Å². The number of esters is 1. The fourth-order valence-electron chi connectivity index (χ4n) is 2.66. The van der Waals surface area contributed by atoms with Crippen LogP contribution in [0.3, 0.4) is 0 Å². The highest BCUT2D eigenvalue weighted by Gasteiger charge is 2.62. The molecule has 7 heteroatoms. The third-order valence-electron chi connectivity index (χ3n) is 4.07. The summed E-state index contributed by atoms with van der Waals surface area (Å²) in [5, 5.41) is -1.18. The van der Waals surface area contributed by atoms with E-state index in [0.29, 0.717) is 12.8 Å². The first-order valence-corrected chi connectivity index (χ1v) is 7.70. The highest BCUT2D eigenvalue weighted by molar-refractivity contribution is 9.11. The quantitative estimate of drug-likeness (QED) is 0.642. The Bertz CT molecular complexity index is 511. The number of ether oxygens (including phenoxy) is 1. The molecule has 2 nitrogen and oxygen atoms in total. The van der Waals surface area contributed by atoms with Crippen LogP contribution in [-0.4, -0.2) is 18.2 Å². The lowest BCUT2D eigenvalue weighted by Gasteiger charge is -2.12. The molecule has 0 aliphatic heterocycles. The lowest BCUT2D eigenvalue weighted by atomic mass is 10.1. The van der Waals surface area contributed by atoms with Crippen LogP contribution in [0.25, 0.3) is 0 Å². The number of carbonyl (C=O) groups excluding carboxylic acids is 1. The Kier molecular flexibility index (Phi) is 4.51. The minimum Gasteiger partial charge on any atom is -0.461 e. The summed E-state index contributed by atoms with van der Waals surface area (Å²) < 4.78 is 43.7.